The predicted molar refractivity (Wildman–Crippen MR) is 111 cm³/mol. The number of aryl methyl sites for hydroxylation is 1. The minimum Gasteiger partial charge on any atom is -0.483 e. The molecule has 0 saturated carbocycles. The summed E-state index contributed by atoms with van der Waals surface area (Å²) in [6.45, 7) is 3.76. The average Bonchev–Trinajstić information content (AvgIpc) is 3.01. The highest BCUT2D eigenvalue weighted by Crippen LogP contribution is 2.26. The lowest BCUT2D eigenvalue weighted by molar-refractivity contribution is -0.118. The Kier molecular flexibility index (Phi) is 4.81. The van der Waals surface area contributed by atoms with Gasteiger partial charge in [-0.05, 0) is 37.4 Å². The fourth-order valence-electron chi connectivity index (χ4n) is 3.28. The molecule has 5 heteroatoms. The van der Waals surface area contributed by atoms with Crippen LogP contribution < -0.4 is 10.1 Å². The zero-order valence-corrected chi connectivity index (χ0v) is 15.8. The summed E-state index contributed by atoms with van der Waals surface area (Å²) in [6.07, 6.45) is 0. The van der Waals surface area contributed by atoms with Gasteiger partial charge in [0.1, 0.15) is 5.75 Å². The molecule has 140 valence electrons. The molecule has 0 spiro atoms. The van der Waals surface area contributed by atoms with E-state index in [1.54, 1.807) is 0 Å². The Balaban J connectivity index is 1.49. The highest BCUT2D eigenvalue weighted by molar-refractivity contribution is 5.94. The molecule has 0 atom stereocenters. The van der Waals surface area contributed by atoms with E-state index in [2.05, 4.69) is 10.4 Å². The highest BCUT2D eigenvalue weighted by Gasteiger charge is 2.15. The molecule has 0 fully saturated rings. The molecule has 1 amide bonds. The maximum absolute atomic E-state index is 12.5. The molecule has 0 aliphatic rings. The van der Waals surface area contributed by atoms with Crippen LogP contribution in [0.4, 0.5) is 5.69 Å². The summed E-state index contributed by atoms with van der Waals surface area (Å²) < 4.78 is 7.62. The summed E-state index contributed by atoms with van der Waals surface area (Å²) in [5, 5.41) is 9.56. The van der Waals surface area contributed by atoms with Gasteiger partial charge in [0.05, 0.1) is 22.8 Å². The molecule has 1 N–H and O–H groups in total. The van der Waals surface area contributed by atoms with Crippen molar-refractivity contribution in [2.45, 2.75) is 13.8 Å². The quantitative estimate of drug-likeness (QED) is 0.555. The molecule has 0 radical (unpaired) electrons. The Labute approximate surface area is 163 Å². The van der Waals surface area contributed by atoms with Gasteiger partial charge in [-0.3, -0.25) is 4.79 Å². The van der Waals surface area contributed by atoms with Crippen LogP contribution in [0.2, 0.25) is 0 Å². The number of nitrogens with one attached hydrogen (secondary N) is 1. The number of fused-ring (bicyclic) bond motifs is 1. The molecule has 1 heterocycles. The van der Waals surface area contributed by atoms with Gasteiger partial charge in [-0.25, -0.2) is 4.68 Å². The number of carbonyl (C=O) groups excluding carboxylic acids is 1. The van der Waals surface area contributed by atoms with Crippen molar-refractivity contribution in [1.82, 2.24) is 9.78 Å². The first kappa shape index (κ1) is 17.8. The van der Waals surface area contributed by atoms with Crippen LogP contribution in [0, 0.1) is 13.8 Å². The molecular weight excluding hydrogens is 350 g/mol. The van der Waals surface area contributed by atoms with Crippen molar-refractivity contribution in [3.8, 4) is 11.4 Å². The van der Waals surface area contributed by atoms with Crippen LogP contribution in [0.5, 0.6) is 5.75 Å². The lowest BCUT2D eigenvalue weighted by Gasteiger charge is -2.10. The number of amides is 1. The predicted octanol–water partition coefficient (Wildman–Crippen LogP) is 4.66. The summed E-state index contributed by atoms with van der Waals surface area (Å²) in [4.78, 5) is 12.5. The van der Waals surface area contributed by atoms with Gasteiger partial charge in [0.15, 0.2) is 6.61 Å². The highest BCUT2D eigenvalue weighted by atomic mass is 16.5. The Hall–Kier alpha value is -3.60. The Morgan fingerprint density at radius 2 is 1.68 bits per heavy atom. The van der Waals surface area contributed by atoms with Crippen LogP contribution >= 0.6 is 0 Å². The summed E-state index contributed by atoms with van der Waals surface area (Å²) in [7, 11) is 0. The Morgan fingerprint density at radius 1 is 0.964 bits per heavy atom. The second-order valence-corrected chi connectivity index (χ2v) is 6.61. The fourth-order valence-corrected chi connectivity index (χ4v) is 3.28. The van der Waals surface area contributed by atoms with Gasteiger partial charge in [-0.15, -0.1) is 0 Å². The van der Waals surface area contributed by atoms with Crippen molar-refractivity contribution >= 4 is 22.4 Å². The second kappa shape index (κ2) is 7.56. The minimum atomic E-state index is -0.216. The van der Waals surface area contributed by atoms with Gasteiger partial charge in [-0.2, -0.15) is 5.10 Å². The van der Waals surface area contributed by atoms with E-state index in [1.807, 2.05) is 91.3 Å². The molecular formula is C23H21N3O2. The van der Waals surface area contributed by atoms with E-state index in [9.17, 15) is 4.79 Å². The summed E-state index contributed by atoms with van der Waals surface area (Å²) in [6, 6.07) is 23.6. The molecule has 4 aromatic rings. The van der Waals surface area contributed by atoms with E-state index in [1.165, 1.54) is 0 Å². The normalized spacial score (nSPS) is 10.8. The SMILES string of the molecule is Cc1nn(-c2ccccc2)c(C)c1NC(=O)COc1cccc2ccccc12. The van der Waals surface area contributed by atoms with E-state index in [0.29, 0.717) is 5.75 Å². The largest absolute Gasteiger partial charge is 0.483 e. The topological polar surface area (TPSA) is 56.2 Å². The van der Waals surface area contributed by atoms with Crippen molar-refractivity contribution in [2.24, 2.45) is 0 Å². The Bertz CT molecular complexity index is 1130. The third-order valence-corrected chi connectivity index (χ3v) is 4.66. The number of aromatic nitrogens is 2. The maximum Gasteiger partial charge on any atom is 0.262 e. The third-order valence-electron chi connectivity index (χ3n) is 4.66. The minimum absolute atomic E-state index is 0.0661. The van der Waals surface area contributed by atoms with Crippen LogP contribution in [-0.4, -0.2) is 22.3 Å². The van der Waals surface area contributed by atoms with Crippen molar-refractivity contribution in [3.05, 3.63) is 84.2 Å². The van der Waals surface area contributed by atoms with Gasteiger partial charge >= 0.3 is 0 Å². The third kappa shape index (κ3) is 3.47. The molecule has 0 unspecified atom stereocenters. The van der Waals surface area contributed by atoms with Crippen LogP contribution in [-0.2, 0) is 4.79 Å². The molecule has 28 heavy (non-hydrogen) atoms. The standard InChI is InChI=1S/C23H21N3O2/c1-16-23(17(2)26(25-16)19-11-4-3-5-12-19)24-22(27)15-28-21-14-8-10-18-9-6-7-13-20(18)21/h3-14H,15H2,1-2H3,(H,24,27). The van der Waals surface area contributed by atoms with E-state index < -0.39 is 0 Å². The molecule has 0 aliphatic carbocycles. The van der Waals surface area contributed by atoms with E-state index in [4.69, 9.17) is 4.74 Å². The van der Waals surface area contributed by atoms with Crippen LogP contribution in [0.3, 0.4) is 0 Å². The molecule has 0 saturated heterocycles. The number of nitrogens with zero attached hydrogens (tertiary/aromatic N) is 2. The first-order valence-electron chi connectivity index (χ1n) is 9.15. The van der Waals surface area contributed by atoms with E-state index >= 15 is 0 Å². The number of hydrogen-bond donors (Lipinski definition) is 1. The summed E-state index contributed by atoms with van der Waals surface area (Å²) in [5.41, 5.74) is 3.31. The smallest absolute Gasteiger partial charge is 0.262 e. The number of ether oxygens (including phenoxy) is 1. The Morgan fingerprint density at radius 3 is 2.50 bits per heavy atom. The zero-order chi connectivity index (χ0) is 19.5. The number of benzene rings is 3. The molecule has 4 rings (SSSR count). The van der Waals surface area contributed by atoms with E-state index in [0.717, 1.165) is 33.5 Å². The van der Waals surface area contributed by atoms with Crippen LogP contribution in [0.15, 0.2) is 72.8 Å². The number of anilines is 1. The first-order chi connectivity index (χ1) is 13.6. The van der Waals surface area contributed by atoms with Crippen LogP contribution in [0.25, 0.3) is 16.5 Å². The van der Waals surface area contributed by atoms with Gasteiger partial charge < -0.3 is 10.1 Å². The van der Waals surface area contributed by atoms with Gasteiger partial charge in [0.25, 0.3) is 5.91 Å². The van der Waals surface area contributed by atoms with Crippen LogP contribution in [0.1, 0.15) is 11.4 Å². The molecule has 0 aliphatic heterocycles. The number of para-hydroxylation sites is 1. The number of carbonyl (C=O) groups is 1. The fraction of sp³-hybridized carbons (Fsp3) is 0.130. The van der Waals surface area contributed by atoms with E-state index in [-0.39, 0.29) is 12.5 Å². The lowest BCUT2D eigenvalue weighted by Crippen LogP contribution is -2.21. The van der Waals surface area contributed by atoms with Crippen molar-refractivity contribution < 1.29 is 9.53 Å². The summed E-state index contributed by atoms with van der Waals surface area (Å²) in [5.74, 6) is 0.480. The maximum atomic E-state index is 12.5. The van der Waals surface area contributed by atoms with Crippen molar-refractivity contribution in [3.63, 3.8) is 0 Å². The summed E-state index contributed by atoms with van der Waals surface area (Å²) >= 11 is 0. The second-order valence-electron chi connectivity index (χ2n) is 6.61. The number of hydrogen-bond acceptors (Lipinski definition) is 3. The first-order valence-corrected chi connectivity index (χ1v) is 9.15. The average molecular weight is 371 g/mol. The molecule has 0 bridgehead atoms. The van der Waals surface area contributed by atoms with Gasteiger partial charge in [0, 0.05) is 5.39 Å². The van der Waals surface area contributed by atoms with Gasteiger partial charge in [0.2, 0.25) is 0 Å². The zero-order valence-electron chi connectivity index (χ0n) is 15.8. The molecule has 5 nitrogen and oxygen atoms in total. The molecule has 1 aromatic heterocycles. The van der Waals surface area contributed by atoms with Crippen molar-refractivity contribution in [1.29, 1.82) is 0 Å². The lowest BCUT2D eigenvalue weighted by atomic mass is 10.1. The monoisotopic (exact) mass is 371 g/mol. The number of rotatable bonds is 5. The van der Waals surface area contributed by atoms with Crippen molar-refractivity contribution in [2.75, 3.05) is 11.9 Å². The van der Waals surface area contributed by atoms with Gasteiger partial charge in [-0.1, -0.05) is 54.6 Å². The molecule has 3 aromatic carbocycles.